The molecule has 0 aliphatic heterocycles. The highest BCUT2D eigenvalue weighted by Crippen LogP contribution is 2.38. The number of carbonyl (C=O) groups excluding carboxylic acids is 3. The van der Waals surface area contributed by atoms with Crippen LogP contribution in [-0.4, -0.2) is 40.8 Å². The SMILES string of the molecule is CC(C)[C@H](NC(=O)[C@H](C)NC(=O)c1cccc2c1-c1ccccc1C2=O)C(=O)O. The van der Waals surface area contributed by atoms with Gasteiger partial charge in [-0.3, -0.25) is 14.4 Å². The second kappa shape index (κ2) is 7.87. The van der Waals surface area contributed by atoms with Crippen molar-refractivity contribution in [3.8, 4) is 11.1 Å². The van der Waals surface area contributed by atoms with Gasteiger partial charge in [0.15, 0.2) is 5.78 Å². The molecular formula is C22H22N2O5. The predicted octanol–water partition coefficient (Wildman–Crippen LogP) is 2.24. The number of carboxylic acid groups (broad SMARTS) is 1. The van der Waals surface area contributed by atoms with Crippen LogP contribution in [0.25, 0.3) is 11.1 Å². The van der Waals surface area contributed by atoms with Crippen molar-refractivity contribution in [2.45, 2.75) is 32.9 Å². The molecule has 0 bridgehead atoms. The Morgan fingerprint density at radius 1 is 0.862 bits per heavy atom. The Morgan fingerprint density at radius 2 is 1.48 bits per heavy atom. The summed E-state index contributed by atoms with van der Waals surface area (Å²) < 4.78 is 0. The first kappa shape index (κ1) is 20.3. The average Bonchev–Trinajstić information content (AvgIpc) is 2.98. The van der Waals surface area contributed by atoms with Crippen molar-refractivity contribution in [1.29, 1.82) is 0 Å². The quantitative estimate of drug-likeness (QED) is 0.594. The standard InChI is InChI=1S/C22H22N2O5/c1-11(2)18(22(28)29)24-20(26)12(3)23-21(27)16-10-6-9-15-17(16)13-7-4-5-8-14(13)19(15)25/h4-12,18H,1-3H3,(H,23,27)(H,24,26)(H,28,29)/t12-,18-/m0/s1. The van der Waals surface area contributed by atoms with Gasteiger partial charge in [-0.05, 0) is 24.5 Å². The number of rotatable bonds is 6. The number of fused-ring (bicyclic) bond motifs is 3. The summed E-state index contributed by atoms with van der Waals surface area (Å²) in [6.45, 7) is 4.85. The number of carboxylic acids is 1. The topological polar surface area (TPSA) is 113 Å². The lowest BCUT2D eigenvalue weighted by Crippen LogP contribution is -2.52. The third-order valence-corrected chi connectivity index (χ3v) is 4.97. The number of hydrogen-bond donors (Lipinski definition) is 3. The molecule has 0 aromatic heterocycles. The van der Waals surface area contributed by atoms with Crippen LogP contribution in [0.1, 0.15) is 47.1 Å². The summed E-state index contributed by atoms with van der Waals surface area (Å²) in [5.74, 6) is -2.69. The summed E-state index contributed by atoms with van der Waals surface area (Å²) in [6, 6.07) is 9.96. The maximum absolute atomic E-state index is 12.9. The summed E-state index contributed by atoms with van der Waals surface area (Å²) in [6.07, 6.45) is 0. The molecule has 2 atom stereocenters. The summed E-state index contributed by atoms with van der Waals surface area (Å²) in [5.41, 5.74) is 2.50. The molecular weight excluding hydrogens is 372 g/mol. The van der Waals surface area contributed by atoms with E-state index in [-0.39, 0.29) is 11.7 Å². The number of aliphatic carboxylic acids is 1. The summed E-state index contributed by atoms with van der Waals surface area (Å²) in [4.78, 5) is 49.1. The molecule has 0 fully saturated rings. The van der Waals surface area contributed by atoms with E-state index in [2.05, 4.69) is 10.6 Å². The minimum absolute atomic E-state index is 0.141. The van der Waals surface area contributed by atoms with Crippen molar-refractivity contribution in [2.24, 2.45) is 5.92 Å². The molecule has 0 saturated carbocycles. The van der Waals surface area contributed by atoms with Crippen LogP contribution in [0.3, 0.4) is 0 Å². The number of benzene rings is 2. The zero-order valence-corrected chi connectivity index (χ0v) is 16.4. The van der Waals surface area contributed by atoms with Gasteiger partial charge in [0, 0.05) is 22.3 Å². The highest BCUT2D eigenvalue weighted by Gasteiger charge is 2.31. The van der Waals surface area contributed by atoms with Gasteiger partial charge in [-0.2, -0.15) is 0 Å². The van der Waals surface area contributed by atoms with Gasteiger partial charge in [0.1, 0.15) is 12.1 Å². The Bertz CT molecular complexity index is 1010. The average molecular weight is 394 g/mol. The molecule has 2 aromatic rings. The van der Waals surface area contributed by atoms with Crippen LogP contribution in [0.4, 0.5) is 0 Å². The molecule has 0 spiro atoms. The maximum atomic E-state index is 12.9. The van der Waals surface area contributed by atoms with Gasteiger partial charge >= 0.3 is 5.97 Å². The normalized spacial score (nSPS) is 14.0. The zero-order chi connectivity index (χ0) is 21.3. The Labute approximate surface area is 168 Å². The number of hydrogen-bond acceptors (Lipinski definition) is 4. The molecule has 7 nitrogen and oxygen atoms in total. The largest absolute Gasteiger partial charge is 0.480 e. The minimum Gasteiger partial charge on any atom is -0.480 e. The number of nitrogens with one attached hydrogen (secondary N) is 2. The van der Waals surface area contributed by atoms with E-state index in [1.165, 1.54) is 6.92 Å². The van der Waals surface area contributed by atoms with Crippen molar-refractivity contribution in [2.75, 3.05) is 0 Å². The van der Waals surface area contributed by atoms with Gasteiger partial charge in [-0.15, -0.1) is 0 Å². The van der Waals surface area contributed by atoms with Crippen LogP contribution in [0.2, 0.25) is 0 Å². The molecule has 0 heterocycles. The van der Waals surface area contributed by atoms with Crippen molar-refractivity contribution in [1.82, 2.24) is 10.6 Å². The van der Waals surface area contributed by atoms with Crippen molar-refractivity contribution >= 4 is 23.6 Å². The maximum Gasteiger partial charge on any atom is 0.326 e. The van der Waals surface area contributed by atoms with Crippen LogP contribution in [0.5, 0.6) is 0 Å². The van der Waals surface area contributed by atoms with E-state index in [0.29, 0.717) is 27.8 Å². The monoisotopic (exact) mass is 394 g/mol. The zero-order valence-electron chi connectivity index (χ0n) is 16.4. The van der Waals surface area contributed by atoms with E-state index in [9.17, 15) is 24.3 Å². The Hall–Kier alpha value is -3.48. The smallest absolute Gasteiger partial charge is 0.326 e. The van der Waals surface area contributed by atoms with Crippen molar-refractivity contribution < 1.29 is 24.3 Å². The Kier molecular flexibility index (Phi) is 5.50. The number of amides is 2. The Morgan fingerprint density at radius 3 is 2.10 bits per heavy atom. The molecule has 0 radical (unpaired) electrons. The molecule has 1 aliphatic carbocycles. The molecule has 2 aromatic carbocycles. The molecule has 1 aliphatic rings. The molecule has 2 amide bonds. The third-order valence-electron chi connectivity index (χ3n) is 4.97. The first-order valence-corrected chi connectivity index (χ1v) is 9.33. The van der Waals surface area contributed by atoms with E-state index >= 15 is 0 Å². The molecule has 29 heavy (non-hydrogen) atoms. The van der Waals surface area contributed by atoms with Crippen molar-refractivity contribution in [3.05, 3.63) is 59.2 Å². The van der Waals surface area contributed by atoms with Gasteiger partial charge in [0.2, 0.25) is 5.91 Å². The van der Waals surface area contributed by atoms with E-state index in [1.54, 1.807) is 56.3 Å². The van der Waals surface area contributed by atoms with Crippen LogP contribution >= 0.6 is 0 Å². The van der Waals surface area contributed by atoms with Crippen LogP contribution in [-0.2, 0) is 9.59 Å². The van der Waals surface area contributed by atoms with E-state index < -0.39 is 29.9 Å². The fourth-order valence-electron chi connectivity index (χ4n) is 3.40. The summed E-state index contributed by atoms with van der Waals surface area (Å²) in [7, 11) is 0. The van der Waals surface area contributed by atoms with Crippen LogP contribution in [0.15, 0.2) is 42.5 Å². The van der Waals surface area contributed by atoms with Crippen LogP contribution in [0, 0.1) is 5.92 Å². The van der Waals surface area contributed by atoms with E-state index in [1.807, 2.05) is 0 Å². The first-order valence-electron chi connectivity index (χ1n) is 9.33. The van der Waals surface area contributed by atoms with E-state index in [0.717, 1.165) is 0 Å². The van der Waals surface area contributed by atoms with Gasteiger partial charge in [-0.25, -0.2) is 4.79 Å². The first-order chi connectivity index (χ1) is 13.7. The highest BCUT2D eigenvalue weighted by molar-refractivity contribution is 6.24. The lowest BCUT2D eigenvalue weighted by atomic mass is 9.98. The van der Waals surface area contributed by atoms with Crippen LogP contribution < -0.4 is 10.6 Å². The van der Waals surface area contributed by atoms with E-state index in [4.69, 9.17) is 0 Å². The minimum atomic E-state index is -1.14. The second-order valence-corrected chi connectivity index (χ2v) is 7.37. The summed E-state index contributed by atoms with van der Waals surface area (Å²) >= 11 is 0. The molecule has 3 rings (SSSR count). The molecule has 3 N–H and O–H groups in total. The predicted molar refractivity (Wildman–Crippen MR) is 107 cm³/mol. The fraction of sp³-hybridized carbons (Fsp3) is 0.273. The lowest BCUT2D eigenvalue weighted by Gasteiger charge is -2.21. The van der Waals surface area contributed by atoms with Gasteiger partial charge in [0.25, 0.3) is 5.91 Å². The number of ketones is 1. The Balaban J connectivity index is 1.82. The number of carbonyl (C=O) groups is 4. The second-order valence-electron chi connectivity index (χ2n) is 7.37. The fourth-order valence-corrected chi connectivity index (χ4v) is 3.40. The third kappa shape index (κ3) is 3.76. The van der Waals surface area contributed by atoms with Gasteiger partial charge in [-0.1, -0.05) is 50.2 Å². The van der Waals surface area contributed by atoms with Crippen molar-refractivity contribution in [3.63, 3.8) is 0 Å². The highest BCUT2D eigenvalue weighted by atomic mass is 16.4. The lowest BCUT2D eigenvalue weighted by molar-refractivity contribution is -0.143. The van der Waals surface area contributed by atoms with Gasteiger partial charge < -0.3 is 15.7 Å². The molecule has 150 valence electrons. The molecule has 7 heteroatoms. The van der Waals surface area contributed by atoms with Gasteiger partial charge in [0.05, 0.1) is 0 Å². The summed E-state index contributed by atoms with van der Waals surface area (Å²) in [5, 5.41) is 14.3. The molecule has 0 saturated heterocycles. The molecule has 0 unspecified atom stereocenters.